The largest absolute Gasteiger partial charge is 0.394 e. The van der Waals surface area contributed by atoms with Crippen molar-refractivity contribution in [3.63, 3.8) is 0 Å². The first-order chi connectivity index (χ1) is 82.7. The molecule has 20 rings (SSSR count). The summed E-state index contributed by atoms with van der Waals surface area (Å²) in [5.74, 6) is -12.5. The van der Waals surface area contributed by atoms with Crippen LogP contribution in [0.1, 0.15) is 243 Å². The Kier molecular flexibility index (Phi) is 23.1. The Hall–Kier alpha value is -9.52. The first-order valence-electron chi connectivity index (χ1n) is 62.6. The van der Waals surface area contributed by atoms with Gasteiger partial charge in [0, 0.05) is 116 Å². The molecule has 8 aliphatic rings. The van der Waals surface area contributed by atoms with Crippen LogP contribution in [0.15, 0.2) is 93.1 Å². The number of aliphatic hydroxyl groups is 12. The van der Waals surface area contributed by atoms with Gasteiger partial charge in [0.25, 0.3) is 0 Å². The highest BCUT2D eigenvalue weighted by atomic mass is 32.2. The van der Waals surface area contributed by atoms with Crippen LogP contribution in [0, 0.1) is 51.0 Å². The Morgan fingerprint density at radius 2 is 0.646 bits per heavy atom. The van der Waals surface area contributed by atoms with Gasteiger partial charge in [0.15, 0.2) is 88.6 Å². The summed E-state index contributed by atoms with van der Waals surface area (Å²) >= 11 is 4.38. The van der Waals surface area contributed by atoms with Gasteiger partial charge in [-0.05, 0) is 148 Å². The molecule has 40 nitrogen and oxygen atoms in total. The number of fused-ring (bicyclic) bond motifs is 4. The van der Waals surface area contributed by atoms with E-state index in [0.29, 0.717) is 35.4 Å². The number of ether oxygens (including phenoxy) is 4. The summed E-state index contributed by atoms with van der Waals surface area (Å²) in [6.45, 7) is -1.58. The molecule has 144 heavy (non-hydrogen) atoms. The van der Waals surface area contributed by atoms with Gasteiger partial charge >= 0.3 is 0 Å². The zero-order chi connectivity index (χ0) is 132. The van der Waals surface area contributed by atoms with E-state index in [1.165, 1.54) is 77.0 Å². The van der Waals surface area contributed by atoms with Gasteiger partial charge in [0.2, 0.25) is 0 Å². The predicted octanol–water partition coefficient (Wildman–Crippen LogP) is 8.73. The summed E-state index contributed by atoms with van der Waals surface area (Å²) in [5, 5.41) is 167. The smallest absolute Gasteiger partial charge is 0.191 e. The number of halogens is 4. The van der Waals surface area contributed by atoms with Gasteiger partial charge in [-0.2, -0.15) is 0 Å². The average Bonchev–Trinajstić information content (AvgIpc) is 1.51. The molecule has 0 bridgehead atoms. The van der Waals surface area contributed by atoms with E-state index in [1.807, 2.05) is 20.8 Å². The van der Waals surface area contributed by atoms with Crippen LogP contribution in [0.2, 0.25) is 0 Å². The minimum Gasteiger partial charge on any atom is -0.394 e. The van der Waals surface area contributed by atoms with Crippen LogP contribution in [0.5, 0.6) is 0 Å². The molecule has 4 aromatic carbocycles. The normalized spacial score (nSPS) is 35.0. The molecule has 0 aliphatic heterocycles. The molecule has 8 fully saturated rings. The third kappa shape index (κ3) is 23.8. The maximum absolute atomic E-state index is 14.8. The lowest BCUT2D eigenvalue weighted by atomic mass is 10.1. The van der Waals surface area contributed by atoms with Crippen LogP contribution in [0.3, 0.4) is 0 Å². The van der Waals surface area contributed by atoms with Crippen LogP contribution in [-0.4, -0.2) is 334 Å². The summed E-state index contributed by atoms with van der Waals surface area (Å²) in [5.41, 5.74) is -5.14. The highest BCUT2D eigenvalue weighted by Gasteiger charge is 2.51. The third-order valence-corrected chi connectivity index (χ3v) is 27.8. The van der Waals surface area contributed by atoms with Crippen LogP contribution in [-0.2, 0) is 18.9 Å². The molecule has 12 aromatic rings. The Morgan fingerprint density at radius 1 is 0.368 bits per heavy atom. The number of rotatable bonds is 40. The molecule has 0 unspecified atom stereocenters. The van der Waals surface area contributed by atoms with Crippen molar-refractivity contribution in [1.29, 1.82) is 0 Å². The lowest BCUT2D eigenvalue weighted by molar-refractivity contribution is -0.0629. The Morgan fingerprint density at radius 3 is 0.910 bits per heavy atom. The second-order valence-electron chi connectivity index (χ2n) is 33.8. The minimum absolute atomic E-state index is 0.00102. The number of hydrogen-bond acceptors (Lipinski definition) is 40. The summed E-state index contributed by atoms with van der Waals surface area (Å²) in [6, 6.07) is -18.0. The molecule has 8 aliphatic carbocycles. The van der Waals surface area contributed by atoms with Gasteiger partial charge in [-0.1, -0.05) is 144 Å². The fraction of sp³-hybridized carbons (Fsp3) is 0.583. The highest BCUT2D eigenvalue weighted by molar-refractivity contribution is 7.99. The molecule has 48 heteroatoms. The van der Waals surface area contributed by atoms with Crippen LogP contribution >= 0.6 is 47.0 Å². The van der Waals surface area contributed by atoms with Gasteiger partial charge in [0.05, 0.1) is 129 Å². The fourth-order valence-corrected chi connectivity index (χ4v) is 18.7. The number of nitrogens with zero attached hydrogens (tertiary/aromatic N) is 20. The molecule has 8 aromatic heterocycles. The lowest BCUT2D eigenvalue weighted by Gasteiger charge is -2.17. The van der Waals surface area contributed by atoms with Crippen LogP contribution in [0.25, 0.3) is 44.7 Å². The summed E-state index contributed by atoms with van der Waals surface area (Å²) in [4.78, 5) is 35.5. The predicted molar refractivity (Wildman–Crippen MR) is 530 cm³/mol. The van der Waals surface area contributed by atoms with Crippen molar-refractivity contribution in [2.45, 2.75) is 298 Å². The lowest BCUT2D eigenvalue weighted by Crippen LogP contribution is -2.33. The van der Waals surface area contributed by atoms with Gasteiger partial charge < -0.3 is 101 Å². The monoisotopic (exact) mass is 2110 g/mol. The average molecular weight is 2110 g/mol. The molecule has 0 amide bonds. The number of hydrogen-bond donors (Lipinski definition) is 16. The molecule has 8 heterocycles. The molecule has 8 saturated carbocycles. The number of nitrogens with one attached hydrogen (secondary N) is 4. The highest BCUT2D eigenvalue weighted by Crippen LogP contribution is 2.50. The molecular weight excluding hydrogens is 1950 g/mol. The Bertz CT molecular complexity index is 8240. The van der Waals surface area contributed by atoms with E-state index in [9.17, 15) is 73.7 Å². The fourth-order valence-electron chi connectivity index (χ4n) is 16.1. The van der Waals surface area contributed by atoms with Crippen molar-refractivity contribution in [2.24, 2.45) is 0 Å². The molecule has 16 N–H and O–H groups in total. The number of thioether (sulfide) groups is 4. The minimum atomic E-state index is -3.43. The van der Waals surface area contributed by atoms with Crippen molar-refractivity contribution >= 4 is 115 Å². The molecule has 0 spiro atoms. The van der Waals surface area contributed by atoms with E-state index in [1.54, 1.807) is 6.92 Å². The summed E-state index contributed by atoms with van der Waals surface area (Å²) < 4.78 is 364. The second kappa shape index (κ2) is 47.3. The number of anilines is 4. The number of benzene rings is 4. The maximum Gasteiger partial charge on any atom is 0.191 e. The SMILES string of the molecule is [2H]c1c([2H])c([C@@]2([2H])[C@H](Nc3nc(SC([2H])([2H])CC)nc4c3nnn4[C@@H]3C[C@H](OCCO)[C@@H](O)[C@H]3O)C2([2H])[2H])c([2H])c(F)c1C.[2H]c1c([2H])c([C@@]2([2H])[C@H](Nc3nc(SCCC)nc4c3nnn4[C@@H]3C[C@H](OC([2H])([2H])C([2H])([2H])O)[C@@H](O)[C@H]3O)C2([2H])[2H])c([2H])c(F)c1C.[2H]c1c([2H])c([C@@]2([2H])[C@H](Nc3nc(SCCC)nc4c3nnn4[C@@H]3C[C@H](OC([2H])([2H])CO)[C@@H](O)[C@H]3O)C2([2H])[2H])c([2H])c(F)c1C.[2H]c1c([2H])c([C@@]2([2H])[C@H](Nc3nc(SCCC)nc4c3nnn4[C@@H]3C[C@H](OCC([2H])([2H])O)[C@@H](O)[C@H]3O)C2([2H])[2H])c([2H])c(F)c1C. The number of aliphatic hydroxyl groups excluding tert-OH is 10. The molecule has 776 valence electrons. The van der Waals surface area contributed by atoms with E-state index in [4.69, 9.17) is 70.7 Å². The quantitative estimate of drug-likeness (QED) is 0.00969. The van der Waals surface area contributed by atoms with Crippen molar-refractivity contribution < 1.29 is 144 Å². The van der Waals surface area contributed by atoms with Gasteiger partial charge in [-0.15, -0.1) is 20.4 Å². The molecule has 0 saturated heterocycles. The Balaban J connectivity index is 0.000000157. The van der Waals surface area contributed by atoms with Crippen molar-refractivity contribution in [2.75, 3.05) is 96.9 Å². The zero-order valence-electron chi connectivity index (χ0n) is 112. The number of aromatic nitrogens is 20. The van der Waals surface area contributed by atoms with Crippen LogP contribution < -0.4 is 21.3 Å². The van der Waals surface area contributed by atoms with Gasteiger partial charge in [-0.3, -0.25) is 0 Å². The van der Waals surface area contributed by atoms with E-state index in [2.05, 4.69) is 102 Å². The van der Waals surface area contributed by atoms with Crippen molar-refractivity contribution in [3.8, 4) is 0 Å². The standard InChI is InChI=1S/4C24H31FN6O4S/c4*1-3-8-36-24-27-22(26-16-10-14(16)13-5-4-12(2)15(25)9-13)19-23(28-24)31(30-29-19)17-11-18(35-7-6-32)21(34)20(17)33/h4*4-5,9,14,16-18,20-21,32-34H,3,6-8,10-11H2,1-2H3,(H,26,27,28)/t4*14-,16+,17+,18-,20-,21+/m0000/s1/i4D,5D,6D2,7D2,9D,10D2,14D;4D,5D,8D2,9D,10D2,14D;4D,5D,7D2,9D,10D2,14D;4D,5D,6D2,9D,10D2,14D. The van der Waals surface area contributed by atoms with Crippen molar-refractivity contribution in [1.82, 2.24) is 99.8 Å². The van der Waals surface area contributed by atoms with Crippen LogP contribution in [0.4, 0.5) is 40.8 Å². The summed E-state index contributed by atoms with van der Waals surface area (Å²) in [6.07, 6.45) is -24.5. The van der Waals surface area contributed by atoms with Gasteiger partial charge in [0.1, 0.15) is 72.1 Å². The van der Waals surface area contributed by atoms with E-state index < -0.39 is 334 Å². The molecule has 0 radical (unpaired) electrons. The second-order valence-corrected chi connectivity index (χ2v) is 37.8. The Labute approximate surface area is 891 Å². The summed E-state index contributed by atoms with van der Waals surface area (Å²) in [7, 11) is 0. The molecule has 24 atom stereocenters. The first-order valence-corrected chi connectivity index (χ1v) is 49.4. The van der Waals surface area contributed by atoms with Gasteiger partial charge in [-0.25, -0.2) is 76.2 Å². The third-order valence-electron chi connectivity index (χ3n) is 23.8. The topological polar surface area (TPSA) is 554 Å². The molecular formula is C96H124F4N24O16S4. The van der Waals surface area contributed by atoms with E-state index in [-0.39, 0.29) is 156 Å². The maximum atomic E-state index is 14.8. The zero-order valence-corrected chi connectivity index (χ0v) is 81.0. The van der Waals surface area contributed by atoms with E-state index >= 15 is 0 Å². The van der Waals surface area contributed by atoms with Crippen molar-refractivity contribution in [3.05, 3.63) is 140 Å². The first kappa shape index (κ1) is 70.4. The van der Waals surface area contributed by atoms with E-state index in [0.717, 1.165) is 17.5 Å².